The van der Waals surface area contributed by atoms with Crippen LogP contribution < -0.4 is 5.43 Å². The Hall–Kier alpha value is -3.07. The molecule has 0 aliphatic carbocycles. The first-order valence-corrected chi connectivity index (χ1v) is 10.4. The van der Waals surface area contributed by atoms with Gasteiger partial charge in [-0.2, -0.15) is 0 Å². The minimum Gasteiger partial charge on any atom is -0.503 e. The average molecular weight is 445 g/mol. The van der Waals surface area contributed by atoms with Crippen molar-refractivity contribution in [1.29, 1.82) is 0 Å². The lowest BCUT2D eigenvalue weighted by Crippen LogP contribution is -2.50. The molecular formula is C23H25F2N3O4. The fourth-order valence-corrected chi connectivity index (χ4v) is 5.03. The summed E-state index contributed by atoms with van der Waals surface area (Å²) in [5.74, 6) is -3.18. The van der Waals surface area contributed by atoms with Gasteiger partial charge in [0.15, 0.2) is 17.2 Å². The molecular weight excluding hydrogens is 420 g/mol. The minimum atomic E-state index is -0.901. The number of aromatic nitrogens is 1. The molecule has 7 nitrogen and oxygen atoms in total. The Labute approximate surface area is 183 Å². The fraction of sp³-hybridized carbons (Fsp3) is 0.435. The van der Waals surface area contributed by atoms with Crippen LogP contribution in [0, 0.1) is 11.6 Å². The van der Waals surface area contributed by atoms with E-state index in [9.17, 15) is 28.3 Å². The van der Waals surface area contributed by atoms with Gasteiger partial charge >= 0.3 is 0 Å². The summed E-state index contributed by atoms with van der Waals surface area (Å²) in [4.78, 5) is 42.3. The number of nitrogens with zero attached hydrogens (tertiary/aromatic N) is 3. The van der Waals surface area contributed by atoms with E-state index in [-0.39, 0.29) is 49.3 Å². The average Bonchev–Trinajstić information content (AvgIpc) is 3.32. The van der Waals surface area contributed by atoms with Gasteiger partial charge in [0.25, 0.3) is 5.91 Å². The lowest BCUT2D eigenvalue weighted by Gasteiger charge is -2.35. The van der Waals surface area contributed by atoms with Crippen LogP contribution in [0.5, 0.6) is 5.75 Å². The second-order valence-electron chi connectivity index (χ2n) is 8.35. The molecule has 2 atom stereocenters. The van der Waals surface area contributed by atoms with Gasteiger partial charge in [0.2, 0.25) is 5.43 Å². The maximum absolute atomic E-state index is 13.8. The van der Waals surface area contributed by atoms with Crippen LogP contribution in [0.15, 0.2) is 29.2 Å². The fourth-order valence-electron chi connectivity index (χ4n) is 5.03. The summed E-state index contributed by atoms with van der Waals surface area (Å²) < 4.78 is 28.4. The molecule has 2 saturated heterocycles. The Bertz CT molecular complexity index is 1160. The van der Waals surface area contributed by atoms with Gasteiger partial charge in [-0.25, -0.2) is 8.78 Å². The van der Waals surface area contributed by atoms with E-state index in [4.69, 9.17) is 0 Å². The summed E-state index contributed by atoms with van der Waals surface area (Å²) in [5.41, 5.74) is -1.07. The van der Waals surface area contributed by atoms with Gasteiger partial charge < -0.3 is 14.6 Å². The summed E-state index contributed by atoms with van der Waals surface area (Å²) in [5, 5.41) is 10.5. The predicted molar refractivity (Wildman–Crippen MR) is 113 cm³/mol. The molecule has 32 heavy (non-hydrogen) atoms. The van der Waals surface area contributed by atoms with Crippen molar-refractivity contribution in [2.45, 2.75) is 51.9 Å². The molecule has 2 aromatic rings. The number of hydrogen-bond donors (Lipinski definition) is 1. The number of fused-ring (bicyclic) bond motifs is 4. The molecule has 2 fully saturated rings. The zero-order valence-electron chi connectivity index (χ0n) is 16.7. The summed E-state index contributed by atoms with van der Waals surface area (Å²) >= 11 is 0. The number of carbonyl (C=O) groups is 2. The molecule has 0 bridgehead atoms. The van der Waals surface area contributed by atoms with Gasteiger partial charge in [0.1, 0.15) is 17.8 Å². The third kappa shape index (κ3) is 3.40. The van der Waals surface area contributed by atoms with Crippen LogP contribution in [0.25, 0.3) is 0 Å². The normalized spacial score (nSPS) is 21.7. The number of hydrogen-bond acceptors (Lipinski definition) is 5. The van der Waals surface area contributed by atoms with Crippen molar-refractivity contribution >= 4 is 11.7 Å². The number of benzene rings is 1. The van der Waals surface area contributed by atoms with Gasteiger partial charge in [-0.3, -0.25) is 19.3 Å². The maximum atomic E-state index is 13.8. The highest BCUT2D eigenvalue weighted by Gasteiger charge is 2.48. The molecule has 1 amide bonds. The van der Waals surface area contributed by atoms with E-state index in [1.165, 1.54) is 16.8 Å². The summed E-state index contributed by atoms with van der Waals surface area (Å²) in [6, 6.07) is 3.39. The second-order valence-corrected chi connectivity index (χ2v) is 8.35. The third-order valence-electron chi connectivity index (χ3n) is 6.59. The highest BCUT2D eigenvalue weighted by molar-refractivity contribution is 6.00. The first kappa shape index (κ1) is 22.1. The molecule has 4 heterocycles. The summed E-state index contributed by atoms with van der Waals surface area (Å²) in [6.07, 6.45) is 3.04. The molecule has 1 aromatic heterocycles. The van der Waals surface area contributed by atoms with E-state index < -0.39 is 34.5 Å². The molecule has 1 aromatic carbocycles. The Morgan fingerprint density at radius 2 is 1.97 bits per heavy atom. The van der Waals surface area contributed by atoms with Crippen molar-refractivity contribution in [1.82, 2.24) is 14.4 Å². The smallest absolute Gasteiger partial charge is 0.275 e. The molecule has 0 unspecified atom stereocenters. The SMILES string of the molecule is C.O=C(CCc1ccc(F)cc1F)c1cn2c(c(O)c1=O)C(=O)N1C[C@H]3CCCN3[C@@H]1C2. The van der Waals surface area contributed by atoms with Gasteiger partial charge in [-0.1, -0.05) is 13.5 Å². The van der Waals surface area contributed by atoms with E-state index in [2.05, 4.69) is 4.90 Å². The highest BCUT2D eigenvalue weighted by Crippen LogP contribution is 2.35. The third-order valence-corrected chi connectivity index (χ3v) is 6.59. The highest BCUT2D eigenvalue weighted by atomic mass is 19.1. The molecule has 9 heteroatoms. The van der Waals surface area contributed by atoms with Crippen LogP contribution >= 0.6 is 0 Å². The lowest BCUT2D eigenvalue weighted by atomic mass is 10.0. The van der Waals surface area contributed by atoms with Crippen LogP contribution in [0.4, 0.5) is 8.78 Å². The van der Waals surface area contributed by atoms with E-state index in [0.29, 0.717) is 13.1 Å². The van der Waals surface area contributed by atoms with E-state index in [1.54, 1.807) is 4.90 Å². The van der Waals surface area contributed by atoms with E-state index in [0.717, 1.165) is 31.5 Å². The van der Waals surface area contributed by atoms with Crippen LogP contribution in [0.3, 0.4) is 0 Å². The van der Waals surface area contributed by atoms with Crippen LogP contribution in [-0.4, -0.2) is 56.5 Å². The van der Waals surface area contributed by atoms with Crippen molar-refractivity contribution in [3.8, 4) is 5.75 Å². The minimum absolute atomic E-state index is 0. The van der Waals surface area contributed by atoms with Gasteiger partial charge in [0, 0.05) is 37.8 Å². The van der Waals surface area contributed by atoms with Crippen LogP contribution in [0.1, 0.15) is 53.1 Å². The quantitative estimate of drug-likeness (QED) is 0.732. The molecule has 0 saturated carbocycles. The maximum Gasteiger partial charge on any atom is 0.275 e. The predicted octanol–water partition coefficient (Wildman–Crippen LogP) is 2.54. The monoisotopic (exact) mass is 445 g/mol. The lowest BCUT2D eigenvalue weighted by molar-refractivity contribution is 0.0513. The van der Waals surface area contributed by atoms with Gasteiger partial charge in [0.05, 0.1) is 12.1 Å². The van der Waals surface area contributed by atoms with Crippen LogP contribution in [0.2, 0.25) is 0 Å². The number of pyridine rings is 1. The molecule has 5 rings (SSSR count). The van der Waals surface area contributed by atoms with Crippen molar-refractivity contribution in [3.63, 3.8) is 0 Å². The van der Waals surface area contributed by atoms with Gasteiger partial charge in [-0.15, -0.1) is 0 Å². The standard InChI is InChI=1S/C22H21F2N3O4.CH4/c23-13-5-3-12(16(24)8-13)4-6-17(28)15-10-25-11-18-26-7-1-2-14(26)9-27(18)22(31)19(25)21(30)20(15)29;/h3,5,8,10,14,18,30H,1-2,4,6-7,9,11H2;1H4/t14-,18+;/m1./s1. The Balaban J connectivity index is 0.00000245. The largest absolute Gasteiger partial charge is 0.503 e. The Kier molecular flexibility index (Phi) is 5.62. The first-order valence-electron chi connectivity index (χ1n) is 10.4. The van der Waals surface area contributed by atoms with Crippen molar-refractivity contribution in [3.05, 3.63) is 63.1 Å². The summed E-state index contributed by atoms with van der Waals surface area (Å²) in [7, 11) is 0. The summed E-state index contributed by atoms with van der Waals surface area (Å²) in [6.45, 7) is 1.81. The van der Waals surface area contributed by atoms with Crippen molar-refractivity contribution < 1.29 is 23.5 Å². The topological polar surface area (TPSA) is 82.8 Å². The number of rotatable bonds is 4. The number of ketones is 1. The van der Waals surface area contributed by atoms with E-state index >= 15 is 0 Å². The second kappa shape index (κ2) is 8.12. The molecule has 0 radical (unpaired) electrons. The molecule has 1 N–H and O–H groups in total. The van der Waals surface area contributed by atoms with Crippen molar-refractivity contribution in [2.24, 2.45) is 0 Å². The van der Waals surface area contributed by atoms with E-state index in [1.807, 2.05) is 0 Å². The molecule has 170 valence electrons. The number of aromatic hydroxyl groups is 1. The van der Waals surface area contributed by atoms with Crippen molar-refractivity contribution in [2.75, 3.05) is 13.1 Å². The molecule has 3 aliphatic heterocycles. The number of aryl methyl sites for hydroxylation is 1. The van der Waals surface area contributed by atoms with Gasteiger partial charge in [-0.05, 0) is 30.9 Å². The number of Topliss-reactive ketones (excluding diaryl/α,β-unsaturated/α-hetero) is 1. The molecule has 0 spiro atoms. The van der Waals surface area contributed by atoms with Crippen LogP contribution in [-0.2, 0) is 13.0 Å². The first-order chi connectivity index (χ1) is 14.8. The zero-order valence-corrected chi connectivity index (χ0v) is 16.7. The Morgan fingerprint density at radius 3 is 2.72 bits per heavy atom. The Morgan fingerprint density at radius 1 is 1.19 bits per heavy atom. The molecule has 3 aliphatic rings. The zero-order chi connectivity index (χ0) is 21.9. The number of amides is 1. The number of halogens is 2. The number of carbonyl (C=O) groups excluding carboxylic acids is 2.